The standard InChI is InChI=1S/C20H23N3O4S/c1-16-6-8-18(9-7-16)21-28(26,27)19-5-2-4-17(14-19)20(25)23-11-3-10-22(15-24)12-13-23/h2,4-9,14-15,21H,3,10-13H2,1H3. The number of sulfonamides is 1. The lowest BCUT2D eigenvalue weighted by molar-refractivity contribution is -0.118. The Balaban J connectivity index is 1.78. The summed E-state index contributed by atoms with van der Waals surface area (Å²) < 4.78 is 27.9. The minimum atomic E-state index is -3.81. The third-order valence-electron chi connectivity index (χ3n) is 4.66. The summed E-state index contributed by atoms with van der Waals surface area (Å²) in [6.07, 6.45) is 1.48. The average molecular weight is 401 g/mol. The first-order valence-corrected chi connectivity index (χ1v) is 10.6. The molecule has 0 bridgehead atoms. The highest BCUT2D eigenvalue weighted by Crippen LogP contribution is 2.19. The maximum absolute atomic E-state index is 12.8. The van der Waals surface area contributed by atoms with E-state index in [2.05, 4.69) is 4.72 Å². The second-order valence-electron chi connectivity index (χ2n) is 6.79. The minimum absolute atomic E-state index is 0.0308. The fraction of sp³-hybridized carbons (Fsp3) is 0.300. The molecule has 148 valence electrons. The Morgan fingerprint density at radius 2 is 1.79 bits per heavy atom. The van der Waals surface area contributed by atoms with Crippen LogP contribution in [-0.2, 0) is 14.8 Å². The Bertz CT molecular complexity index is 958. The number of nitrogens with zero attached hydrogens (tertiary/aromatic N) is 2. The molecule has 2 aromatic rings. The van der Waals surface area contributed by atoms with Crippen molar-refractivity contribution in [3.63, 3.8) is 0 Å². The summed E-state index contributed by atoms with van der Waals surface area (Å²) in [6.45, 7) is 3.97. The number of aryl methyl sites for hydroxylation is 1. The highest BCUT2D eigenvalue weighted by Gasteiger charge is 2.22. The summed E-state index contributed by atoms with van der Waals surface area (Å²) in [7, 11) is -3.81. The molecule has 0 aromatic heterocycles. The zero-order chi connectivity index (χ0) is 20.1. The molecule has 8 heteroatoms. The molecule has 7 nitrogen and oxygen atoms in total. The lowest BCUT2D eigenvalue weighted by Crippen LogP contribution is -2.35. The molecule has 2 amide bonds. The predicted octanol–water partition coefficient (Wildman–Crippen LogP) is 2.10. The van der Waals surface area contributed by atoms with E-state index in [4.69, 9.17) is 0 Å². The van der Waals surface area contributed by atoms with Crippen LogP contribution in [-0.4, -0.2) is 56.7 Å². The van der Waals surface area contributed by atoms with E-state index >= 15 is 0 Å². The van der Waals surface area contributed by atoms with Crippen molar-refractivity contribution in [2.45, 2.75) is 18.2 Å². The van der Waals surface area contributed by atoms with Crippen LogP contribution in [0.2, 0.25) is 0 Å². The average Bonchev–Trinajstić information content (AvgIpc) is 2.95. The summed E-state index contributed by atoms with van der Waals surface area (Å²) in [5.74, 6) is -0.236. The van der Waals surface area contributed by atoms with Crippen molar-refractivity contribution in [3.05, 3.63) is 59.7 Å². The number of carbonyl (C=O) groups excluding carboxylic acids is 2. The first-order valence-electron chi connectivity index (χ1n) is 9.07. The van der Waals surface area contributed by atoms with Crippen molar-refractivity contribution in [1.82, 2.24) is 9.80 Å². The molecule has 1 saturated heterocycles. The summed E-state index contributed by atoms with van der Waals surface area (Å²) in [6, 6.07) is 13.0. The van der Waals surface area contributed by atoms with Crippen molar-refractivity contribution >= 4 is 28.0 Å². The van der Waals surface area contributed by atoms with E-state index in [0.717, 1.165) is 12.0 Å². The van der Waals surface area contributed by atoms with E-state index in [9.17, 15) is 18.0 Å². The van der Waals surface area contributed by atoms with Gasteiger partial charge in [0.2, 0.25) is 6.41 Å². The van der Waals surface area contributed by atoms with E-state index in [1.807, 2.05) is 19.1 Å². The predicted molar refractivity (Wildman–Crippen MR) is 107 cm³/mol. The van der Waals surface area contributed by atoms with Gasteiger partial charge in [0.05, 0.1) is 4.90 Å². The van der Waals surface area contributed by atoms with Gasteiger partial charge in [-0.1, -0.05) is 23.8 Å². The van der Waals surface area contributed by atoms with Gasteiger partial charge in [0.15, 0.2) is 0 Å². The molecule has 0 spiro atoms. The number of rotatable bonds is 5. The van der Waals surface area contributed by atoms with Crippen LogP contribution in [0, 0.1) is 6.92 Å². The third kappa shape index (κ3) is 4.69. The molecule has 28 heavy (non-hydrogen) atoms. The lowest BCUT2D eigenvalue weighted by Gasteiger charge is -2.21. The van der Waals surface area contributed by atoms with Crippen molar-refractivity contribution in [3.8, 4) is 0 Å². The summed E-state index contributed by atoms with van der Waals surface area (Å²) >= 11 is 0. The van der Waals surface area contributed by atoms with Gasteiger partial charge < -0.3 is 9.80 Å². The van der Waals surface area contributed by atoms with Crippen molar-refractivity contribution in [2.75, 3.05) is 30.9 Å². The molecule has 3 rings (SSSR count). The Hall–Kier alpha value is -2.87. The maximum atomic E-state index is 12.8. The van der Waals surface area contributed by atoms with Gasteiger partial charge in [0.25, 0.3) is 15.9 Å². The quantitative estimate of drug-likeness (QED) is 0.778. The fourth-order valence-electron chi connectivity index (χ4n) is 3.06. The van der Waals surface area contributed by atoms with Gasteiger partial charge in [-0.15, -0.1) is 0 Å². The molecule has 1 aliphatic heterocycles. The van der Waals surface area contributed by atoms with Crippen LogP contribution in [0.3, 0.4) is 0 Å². The summed E-state index contributed by atoms with van der Waals surface area (Å²) in [5.41, 5.74) is 1.80. The molecular weight excluding hydrogens is 378 g/mol. The van der Waals surface area contributed by atoms with Crippen LogP contribution >= 0.6 is 0 Å². The number of hydrogen-bond donors (Lipinski definition) is 1. The van der Waals surface area contributed by atoms with E-state index in [-0.39, 0.29) is 10.8 Å². The first kappa shape index (κ1) is 19.9. The second kappa shape index (κ2) is 8.43. The summed E-state index contributed by atoms with van der Waals surface area (Å²) in [4.78, 5) is 27.1. The second-order valence-corrected chi connectivity index (χ2v) is 8.47. The molecule has 0 saturated carbocycles. The molecule has 1 heterocycles. The van der Waals surface area contributed by atoms with Crippen molar-refractivity contribution in [1.29, 1.82) is 0 Å². The molecule has 0 radical (unpaired) electrons. The molecular formula is C20H23N3O4S. The normalized spacial score (nSPS) is 15.0. The number of hydrogen-bond acceptors (Lipinski definition) is 4. The Labute approximate surface area is 165 Å². The highest BCUT2D eigenvalue weighted by atomic mass is 32.2. The number of nitrogens with one attached hydrogen (secondary N) is 1. The van der Waals surface area contributed by atoms with Gasteiger partial charge in [-0.05, 0) is 43.7 Å². The van der Waals surface area contributed by atoms with Crippen LogP contribution in [0.4, 0.5) is 5.69 Å². The van der Waals surface area contributed by atoms with Gasteiger partial charge in [-0.3, -0.25) is 14.3 Å². The largest absolute Gasteiger partial charge is 0.343 e. The lowest BCUT2D eigenvalue weighted by atomic mass is 10.2. The van der Waals surface area contributed by atoms with Gasteiger partial charge in [-0.25, -0.2) is 8.42 Å². The molecule has 2 aromatic carbocycles. The smallest absolute Gasteiger partial charge is 0.261 e. The van der Waals surface area contributed by atoms with Crippen LogP contribution < -0.4 is 4.72 Å². The first-order chi connectivity index (χ1) is 13.4. The minimum Gasteiger partial charge on any atom is -0.343 e. The maximum Gasteiger partial charge on any atom is 0.261 e. The molecule has 1 N–H and O–H groups in total. The van der Waals surface area contributed by atoms with Crippen LogP contribution in [0.15, 0.2) is 53.4 Å². The van der Waals surface area contributed by atoms with Gasteiger partial charge in [-0.2, -0.15) is 0 Å². The van der Waals surface area contributed by atoms with Gasteiger partial charge >= 0.3 is 0 Å². The Morgan fingerprint density at radius 1 is 1.04 bits per heavy atom. The van der Waals surface area contributed by atoms with Crippen LogP contribution in [0.25, 0.3) is 0 Å². The van der Waals surface area contributed by atoms with Gasteiger partial charge in [0.1, 0.15) is 0 Å². The van der Waals surface area contributed by atoms with E-state index in [0.29, 0.717) is 43.9 Å². The number of anilines is 1. The van der Waals surface area contributed by atoms with Crippen LogP contribution in [0.1, 0.15) is 22.3 Å². The Kier molecular flexibility index (Phi) is 5.99. The molecule has 0 aliphatic carbocycles. The van der Waals surface area contributed by atoms with Gasteiger partial charge in [0, 0.05) is 37.4 Å². The number of carbonyl (C=O) groups is 2. The van der Waals surface area contributed by atoms with E-state index < -0.39 is 10.0 Å². The SMILES string of the molecule is Cc1ccc(NS(=O)(=O)c2cccc(C(=O)N3CCCN(C=O)CC3)c2)cc1. The molecule has 0 unspecified atom stereocenters. The molecule has 1 aliphatic rings. The molecule has 1 fully saturated rings. The fourth-order valence-corrected chi connectivity index (χ4v) is 4.16. The number of amides is 2. The third-order valence-corrected chi connectivity index (χ3v) is 6.04. The zero-order valence-electron chi connectivity index (χ0n) is 15.7. The van der Waals surface area contributed by atoms with E-state index in [1.54, 1.807) is 34.1 Å². The monoisotopic (exact) mass is 401 g/mol. The summed E-state index contributed by atoms with van der Waals surface area (Å²) in [5, 5.41) is 0. The molecule has 0 atom stereocenters. The van der Waals surface area contributed by atoms with Crippen molar-refractivity contribution < 1.29 is 18.0 Å². The Morgan fingerprint density at radius 3 is 2.50 bits per heavy atom. The zero-order valence-corrected chi connectivity index (χ0v) is 16.5. The van der Waals surface area contributed by atoms with Crippen LogP contribution in [0.5, 0.6) is 0 Å². The highest BCUT2D eigenvalue weighted by molar-refractivity contribution is 7.92. The topological polar surface area (TPSA) is 86.8 Å². The van der Waals surface area contributed by atoms with E-state index in [1.165, 1.54) is 12.1 Å². The van der Waals surface area contributed by atoms with Crippen molar-refractivity contribution in [2.24, 2.45) is 0 Å². The number of benzene rings is 2.